The van der Waals surface area contributed by atoms with E-state index in [4.69, 9.17) is 5.73 Å². The summed E-state index contributed by atoms with van der Waals surface area (Å²) in [7, 11) is 0. The Kier molecular flexibility index (Phi) is 5.57. The number of carbonyl (C=O) groups is 2. The number of thiazole rings is 1. The van der Waals surface area contributed by atoms with Gasteiger partial charge in [0.05, 0.1) is 0 Å². The van der Waals surface area contributed by atoms with Gasteiger partial charge in [-0.1, -0.05) is 23.9 Å². The number of nitrogens with zero attached hydrogens (tertiary/aromatic N) is 1. The van der Waals surface area contributed by atoms with Gasteiger partial charge in [-0.15, -0.1) is 11.3 Å². The molecule has 116 valence electrons. The Labute approximate surface area is 137 Å². The molecule has 7 heteroatoms. The van der Waals surface area contributed by atoms with Crippen LogP contribution in [0.25, 0.3) is 0 Å². The van der Waals surface area contributed by atoms with E-state index in [-0.39, 0.29) is 5.91 Å². The van der Waals surface area contributed by atoms with Crippen molar-refractivity contribution in [3.8, 4) is 0 Å². The Morgan fingerprint density at radius 1 is 1.36 bits per heavy atom. The fourth-order valence-electron chi connectivity index (χ4n) is 1.65. The van der Waals surface area contributed by atoms with Crippen molar-refractivity contribution < 1.29 is 9.59 Å². The van der Waals surface area contributed by atoms with Gasteiger partial charge in [0.25, 0.3) is 5.91 Å². The van der Waals surface area contributed by atoms with E-state index >= 15 is 0 Å². The molecule has 2 amide bonds. The summed E-state index contributed by atoms with van der Waals surface area (Å²) in [5, 5.41) is 4.57. The topological polar surface area (TPSA) is 85.1 Å². The fourth-order valence-corrected chi connectivity index (χ4v) is 3.45. The molecule has 0 radical (unpaired) electrons. The second-order valence-corrected chi connectivity index (χ2v) is 6.92. The quantitative estimate of drug-likeness (QED) is 0.794. The highest BCUT2D eigenvalue weighted by Gasteiger charge is 2.13. The Hall–Kier alpha value is -1.86. The smallest absolute Gasteiger partial charge is 0.251 e. The molecule has 1 aromatic heterocycles. The SMILES string of the molecule is Cc1csc(SCc2ccc(C(=O)N[C@@H](C)C(N)=O)cc2)n1. The second kappa shape index (κ2) is 7.42. The van der Waals surface area contributed by atoms with Crippen LogP contribution >= 0.6 is 23.1 Å². The van der Waals surface area contributed by atoms with Crippen molar-refractivity contribution in [2.75, 3.05) is 0 Å². The van der Waals surface area contributed by atoms with E-state index in [0.717, 1.165) is 21.3 Å². The molecule has 2 aromatic rings. The molecule has 0 fully saturated rings. The molecule has 0 spiro atoms. The van der Waals surface area contributed by atoms with Crippen LogP contribution in [-0.2, 0) is 10.5 Å². The van der Waals surface area contributed by atoms with Crippen LogP contribution in [0.4, 0.5) is 0 Å². The van der Waals surface area contributed by atoms with Crippen LogP contribution in [0.1, 0.15) is 28.5 Å². The van der Waals surface area contributed by atoms with Gasteiger partial charge in [0.1, 0.15) is 10.4 Å². The molecule has 1 atom stereocenters. The highest BCUT2D eigenvalue weighted by Crippen LogP contribution is 2.26. The predicted molar refractivity (Wildman–Crippen MR) is 89.0 cm³/mol. The number of nitrogens with one attached hydrogen (secondary N) is 1. The van der Waals surface area contributed by atoms with Crippen molar-refractivity contribution in [2.24, 2.45) is 5.73 Å². The zero-order valence-corrected chi connectivity index (χ0v) is 14.0. The van der Waals surface area contributed by atoms with Crippen LogP contribution < -0.4 is 11.1 Å². The van der Waals surface area contributed by atoms with Gasteiger partial charge in [-0.25, -0.2) is 4.98 Å². The van der Waals surface area contributed by atoms with Crippen LogP contribution in [0, 0.1) is 6.92 Å². The summed E-state index contributed by atoms with van der Waals surface area (Å²) in [6.45, 7) is 3.53. The van der Waals surface area contributed by atoms with E-state index in [1.165, 1.54) is 0 Å². The van der Waals surface area contributed by atoms with E-state index in [1.807, 2.05) is 24.4 Å². The van der Waals surface area contributed by atoms with Crippen LogP contribution in [0.2, 0.25) is 0 Å². The van der Waals surface area contributed by atoms with Crippen molar-refractivity contribution in [2.45, 2.75) is 30.0 Å². The van der Waals surface area contributed by atoms with Gasteiger partial charge in [0.2, 0.25) is 5.91 Å². The molecule has 0 aliphatic rings. The Balaban J connectivity index is 1.92. The van der Waals surface area contributed by atoms with Crippen LogP contribution in [0.3, 0.4) is 0 Å². The van der Waals surface area contributed by atoms with Crippen molar-refractivity contribution in [3.05, 3.63) is 46.5 Å². The molecule has 0 aliphatic heterocycles. The zero-order valence-electron chi connectivity index (χ0n) is 12.3. The van der Waals surface area contributed by atoms with Gasteiger partial charge >= 0.3 is 0 Å². The lowest BCUT2D eigenvalue weighted by molar-refractivity contribution is -0.119. The first-order valence-electron chi connectivity index (χ1n) is 6.70. The Morgan fingerprint density at radius 3 is 2.59 bits per heavy atom. The molecule has 0 bridgehead atoms. The van der Waals surface area contributed by atoms with Gasteiger partial charge in [-0.3, -0.25) is 9.59 Å². The van der Waals surface area contributed by atoms with Gasteiger partial charge in [0.15, 0.2) is 0 Å². The number of hydrogen-bond acceptors (Lipinski definition) is 5. The summed E-state index contributed by atoms with van der Waals surface area (Å²) in [6, 6.07) is 6.60. The minimum absolute atomic E-state index is 0.305. The third kappa shape index (κ3) is 4.57. The average Bonchev–Trinajstić information content (AvgIpc) is 2.91. The first-order chi connectivity index (χ1) is 10.5. The number of thioether (sulfide) groups is 1. The molecule has 22 heavy (non-hydrogen) atoms. The van der Waals surface area contributed by atoms with Crippen molar-refractivity contribution in [1.29, 1.82) is 0 Å². The first kappa shape index (κ1) is 16.5. The number of aromatic nitrogens is 1. The molecule has 1 heterocycles. The van der Waals surface area contributed by atoms with Crippen molar-refractivity contribution in [1.82, 2.24) is 10.3 Å². The van der Waals surface area contributed by atoms with Gasteiger partial charge < -0.3 is 11.1 Å². The number of rotatable bonds is 6. The lowest BCUT2D eigenvalue weighted by Crippen LogP contribution is -2.42. The molecule has 5 nitrogen and oxygen atoms in total. The summed E-state index contributed by atoms with van der Waals surface area (Å²) in [5.74, 6) is -0.0619. The molecule has 0 saturated carbocycles. The lowest BCUT2D eigenvalue weighted by atomic mass is 10.1. The van der Waals surface area contributed by atoms with Crippen molar-refractivity contribution in [3.63, 3.8) is 0 Å². The van der Waals surface area contributed by atoms with Gasteiger partial charge in [-0.2, -0.15) is 0 Å². The van der Waals surface area contributed by atoms with E-state index < -0.39 is 11.9 Å². The minimum atomic E-state index is -0.684. The predicted octanol–water partition coefficient (Wildman–Crippen LogP) is 2.35. The molecular formula is C15H17N3O2S2. The van der Waals surface area contributed by atoms with Crippen LogP contribution in [0.15, 0.2) is 34.0 Å². The molecule has 1 aromatic carbocycles. The van der Waals surface area contributed by atoms with Gasteiger partial charge in [0, 0.05) is 22.4 Å². The largest absolute Gasteiger partial charge is 0.368 e. The van der Waals surface area contributed by atoms with E-state index in [2.05, 4.69) is 10.3 Å². The highest BCUT2D eigenvalue weighted by molar-refractivity contribution is 8.00. The normalized spacial score (nSPS) is 11.9. The summed E-state index contributed by atoms with van der Waals surface area (Å²) in [5.41, 5.74) is 7.77. The first-order valence-corrected chi connectivity index (χ1v) is 8.56. The summed E-state index contributed by atoms with van der Waals surface area (Å²) in [6.07, 6.45) is 0. The molecule has 3 N–H and O–H groups in total. The summed E-state index contributed by atoms with van der Waals surface area (Å²) in [4.78, 5) is 27.3. The molecule has 0 saturated heterocycles. The highest BCUT2D eigenvalue weighted by atomic mass is 32.2. The number of aryl methyl sites for hydroxylation is 1. The monoisotopic (exact) mass is 335 g/mol. The molecular weight excluding hydrogens is 318 g/mol. The number of benzene rings is 1. The third-order valence-electron chi connectivity index (χ3n) is 2.95. The van der Waals surface area contributed by atoms with Gasteiger partial charge in [-0.05, 0) is 31.5 Å². The fraction of sp³-hybridized carbons (Fsp3) is 0.267. The van der Waals surface area contributed by atoms with E-state index in [0.29, 0.717) is 5.56 Å². The maximum atomic E-state index is 11.9. The number of hydrogen-bond donors (Lipinski definition) is 2. The van der Waals surface area contributed by atoms with Crippen LogP contribution in [-0.4, -0.2) is 22.8 Å². The minimum Gasteiger partial charge on any atom is -0.368 e. The number of amides is 2. The zero-order chi connectivity index (χ0) is 16.1. The van der Waals surface area contributed by atoms with E-state index in [1.54, 1.807) is 42.2 Å². The molecule has 0 aliphatic carbocycles. The maximum absolute atomic E-state index is 11.9. The Bertz CT molecular complexity index is 668. The second-order valence-electron chi connectivity index (χ2n) is 4.84. The number of primary amides is 1. The molecule has 2 rings (SSSR count). The summed E-state index contributed by atoms with van der Waals surface area (Å²) < 4.78 is 1.04. The molecule has 0 unspecified atom stereocenters. The van der Waals surface area contributed by atoms with Crippen molar-refractivity contribution >= 4 is 34.9 Å². The van der Waals surface area contributed by atoms with Crippen LogP contribution in [0.5, 0.6) is 0 Å². The standard InChI is InChI=1S/C15H17N3O2S2/c1-9-7-21-15(17-9)22-8-11-3-5-12(6-4-11)14(20)18-10(2)13(16)19/h3-7,10H,8H2,1-2H3,(H2,16,19)(H,18,20)/t10-/m0/s1. The summed E-state index contributed by atoms with van der Waals surface area (Å²) >= 11 is 3.30. The Morgan fingerprint density at radius 2 is 2.05 bits per heavy atom. The lowest BCUT2D eigenvalue weighted by Gasteiger charge is -2.10. The average molecular weight is 335 g/mol. The number of nitrogens with two attached hydrogens (primary N) is 1. The maximum Gasteiger partial charge on any atom is 0.251 e. The van der Waals surface area contributed by atoms with E-state index in [9.17, 15) is 9.59 Å². The number of carbonyl (C=O) groups excluding carboxylic acids is 2. The third-order valence-corrected chi connectivity index (χ3v) is 5.16.